The van der Waals surface area contributed by atoms with Gasteiger partial charge in [0.2, 0.25) is 0 Å². The second-order valence-corrected chi connectivity index (χ2v) is 11.6. The third-order valence-electron chi connectivity index (χ3n) is 6.25. The number of hydrogen-bond donors (Lipinski definition) is 2. The van der Waals surface area contributed by atoms with Crippen molar-refractivity contribution in [3.63, 3.8) is 0 Å². The van der Waals surface area contributed by atoms with Gasteiger partial charge in [-0.05, 0) is 66.1 Å². The topological polar surface area (TPSA) is 102 Å². The third-order valence-corrected chi connectivity index (χ3v) is 8.78. The second kappa shape index (κ2) is 10.8. The Balaban J connectivity index is 1.27. The maximum Gasteiger partial charge on any atom is 0.261 e. The molecule has 0 saturated carbocycles. The Morgan fingerprint density at radius 1 is 1.03 bits per heavy atom. The fourth-order valence-electron chi connectivity index (χ4n) is 4.33. The summed E-state index contributed by atoms with van der Waals surface area (Å²) in [5, 5.41) is 13.2. The fraction of sp³-hybridized carbons (Fsp3) is 0.143. The van der Waals surface area contributed by atoms with E-state index in [0.717, 1.165) is 42.1 Å². The minimum Gasteiger partial charge on any atom is -0.312 e. The number of fused-ring (bicyclic) bond motifs is 1. The zero-order valence-electron chi connectivity index (χ0n) is 20.1. The predicted octanol–water partition coefficient (Wildman–Crippen LogP) is 5.37. The number of carbonyl (C=O) groups excluding carboxylic acids is 1. The van der Waals surface area contributed by atoms with Crippen molar-refractivity contribution in [1.82, 2.24) is 4.90 Å². The van der Waals surface area contributed by atoms with Gasteiger partial charge in [-0.15, -0.1) is 11.3 Å². The molecular weight excluding hydrogens is 523 g/mol. The van der Waals surface area contributed by atoms with E-state index in [9.17, 15) is 22.9 Å². The summed E-state index contributed by atoms with van der Waals surface area (Å²) in [6, 6.07) is 22.9. The van der Waals surface area contributed by atoms with Gasteiger partial charge >= 0.3 is 0 Å². The van der Waals surface area contributed by atoms with Crippen LogP contribution in [0.1, 0.15) is 31.9 Å². The second-order valence-electron chi connectivity index (χ2n) is 8.86. The maximum absolute atomic E-state index is 13.1. The molecule has 1 aliphatic rings. The maximum atomic E-state index is 13.1. The van der Waals surface area contributed by atoms with Crippen LogP contribution < -0.4 is 10.0 Å². The first kappa shape index (κ1) is 25.6. The molecule has 38 heavy (non-hydrogen) atoms. The van der Waals surface area contributed by atoms with Gasteiger partial charge in [0, 0.05) is 35.8 Å². The fourth-order valence-corrected chi connectivity index (χ4v) is 6.63. The zero-order valence-corrected chi connectivity index (χ0v) is 21.8. The van der Waals surface area contributed by atoms with Gasteiger partial charge in [0.05, 0.1) is 10.5 Å². The number of carbonyl (C=O) groups is 1. The number of sulfonamides is 1. The average Bonchev–Trinajstić information content (AvgIpc) is 3.25. The molecule has 0 bridgehead atoms. The van der Waals surface area contributed by atoms with Crippen LogP contribution in [0.25, 0.3) is 0 Å². The quantitative estimate of drug-likeness (QED) is 0.325. The molecule has 0 fully saturated rings. The Hall–Kier alpha value is -4.04. The molecule has 5 rings (SSSR count). The Morgan fingerprint density at radius 2 is 1.74 bits per heavy atom. The number of rotatable bonds is 7. The molecule has 0 saturated heterocycles. The van der Waals surface area contributed by atoms with Crippen LogP contribution in [0, 0.1) is 17.1 Å². The average molecular weight is 547 g/mol. The Morgan fingerprint density at radius 3 is 2.42 bits per heavy atom. The Bertz CT molecular complexity index is 1610. The lowest BCUT2D eigenvalue weighted by atomic mass is 10.0. The van der Waals surface area contributed by atoms with E-state index < -0.39 is 21.7 Å². The van der Waals surface area contributed by atoms with Gasteiger partial charge in [-0.25, -0.2) is 12.8 Å². The Kier molecular flexibility index (Phi) is 7.24. The first-order chi connectivity index (χ1) is 18.3. The van der Waals surface area contributed by atoms with Gasteiger partial charge in [0.15, 0.2) is 0 Å². The number of thiophene rings is 1. The highest BCUT2D eigenvalue weighted by molar-refractivity contribution is 7.92. The van der Waals surface area contributed by atoms with Crippen LogP contribution >= 0.6 is 11.3 Å². The lowest BCUT2D eigenvalue weighted by molar-refractivity contribution is 0.102. The molecule has 7 nitrogen and oxygen atoms in total. The zero-order chi connectivity index (χ0) is 26.7. The molecule has 1 aliphatic heterocycles. The van der Waals surface area contributed by atoms with E-state index in [-0.39, 0.29) is 10.6 Å². The van der Waals surface area contributed by atoms with Crippen LogP contribution in [0.5, 0.6) is 0 Å². The standard InChI is InChI=1S/C28H23FN4O3S2/c29-21-8-12-23(13-9-21)38(35,36)32-22-10-6-20(7-11-22)27(34)31-28-25(16-30)24-14-15-33(18-26(24)37-28)17-19-4-2-1-3-5-19/h1-13,32H,14-15,17-18H2,(H,31,34). The molecule has 2 heterocycles. The van der Waals surface area contributed by atoms with Crippen molar-refractivity contribution < 1.29 is 17.6 Å². The number of amides is 1. The van der Waals surface area contributed by atoms with Gasteiger partial charge in [-0.1, -0.05) is 30.3 Å². The van der Waals surface area contributed by atoms with Crippen LogP contribution in [0.15, 0.2) is 83.8 Å². The summed E-state index contributed by atoms with van der Waals surface area (Å²) in [6.45, 7) is 2.36. The number of anilines is 2. The highest BCUT2D eigenvalue weighted by atomic mass is 32.2. The molecule has 3 aromatic carbocycles. The summed E-state index contributed by atoms with van der Waals surface area (Å²) in [4.78, 5) is 16.3. The molecule has 1 amide bonds. The molecule has 4 aromatic rings. The molecule has 0 aliphatic carbocycles. The van der Waals surface area contributed by atoms with Crippen molar-refractivity contribution in [2.75, 3.05) is 16.6 Å². The number of nitrogens with one attached hydrogen (secondary N) is 2. The molecular formula is C28H23FN4O3S2. The van der Waals surface area contributed by atoms with E-state index in [4.69, 9.17) is 0 Å². The number of nitrogens with zero attached hydrogens (tertiary/aromatic N) is 2. The summed E-state index contributed by atoms with van der Waals surface area (Å²) in [5.41, 5.74) is 3.29. The molecule has 10 heteroatoms. The number of nitriles is 1. The minimum atomic E-state index is -3.90. The van der Waals surface area contributed by atoms with Crippen LogP contribution in [0.3, 0.4) is 0 Å². The predicted molar refractivity (Wildman–Crippen MR) is 145 cm³/mol. The minimum absolute atomic E-state index is 0.0752. The summed E-state index contributed by atoms with van der Waals surface area (Å²) in [5.74, 6) is -0.927. The van der Waals surface area contributed by atoms with Crippen molar-refractivity contribution in [3.05, 3.63) is 112 Å². The van der Waals surface area contributed by atoms with Gasteiger partial charge in [0.1, 0.15) is 16.9 Å². The van der Waals surface area contributed by atoms with E-state index in [1.54, 1.807) is 0 Å². The number of hydrogen-bond acceptors (Lipinski definition) is 6. The molecule has 2 N–H and O–H groups in total. The van der Waals surface area contributed by atoms with Crippen molar-refractivity contribution in [3.8, 4) is 6.07 Å². The van der Waals surface area contributed by atoms with E-state index in [2.05, 4.69) is 33.1 Å². The largest absolute Gasteiger partial charge is 0.312 e. The highest BCUT2D eigenvalue weighted by Gasteiger charge is 2.25. The smallest absolute Gasteiger partial charge is 0.261 e. The summed E-state index contributed by atoms with van der Waals surface area (Å²) >= 11 is 1.42. The molecule has 0 atom stereocenters. The van der Waals surface area contributed by atoms with Gasteiger partial charge in [-0.3, -0.25) is 14.4 Å². The highest BCUT2D eigenvalue weighted by Crippen LogP contribution is 2.37. The van der Waals surface area contributed by atoms with Crippen LogP contribution in [-0.4, -0.2) is 25.8 Å². The van der Waals surface area contributed by atoms with Gasteiger partial charge in [0.25, 0.3) is 15.9 Å². The first-order valence-corrected chi connectivity index (χ1v) is 14.1. The first-order valence-electron chi connectivity index (χ1n) is 11.8. The van der Waals surface area contributed by atoms with E-state index in [1.165, 1.54) is 53.3 Å². The van der Waals surface area contributed by atoms with Crippen molar-refractivity contribution in [1.29, 1.82) is 5.26 Å². The third kappa shape index (κ3) is 5.60. The SMILES string of the molecule is N#Cc1c(NC(=O)c2ccc(NS(=O)(=O)c3ccc(F)cc3)cc2)sc2c1CCN(Cc1ccccc1)C2. The summed E-state index contributed by atoms with van der Waals surface area (Å²) in [7, 11) is -3.90. The summed E-state index contributed by atoms with van der Waals surface area (Å²) < 4.78 is 40.6. The van der Waals surface area contributed by atoms with E-state index in [1.807, 2.05) is 18.2 Å². The van der Waals surface area contributed by atoms with Crippen molar-refractivity contribution >= 4 is 38.0 Å². The monoisotopic (exact) mass is 546 g/mol. The lowest BCUT2D eigenvalue weighted by Gasteiger charge is -2.26. The van der Waals surface area contributed by atoms with Crippen molar-refractivity contribution in [2.45, 2.75) is 24.4 Å². The van der Waals surface area contributed by atoms with Crippen LogP contribution in [-0.2, 0) is 29.5 Å². The van der Waals surface area contributed by atoms with Crippen molar-refractivity contribution in [2.24, 2.45) is 0 Å². The van der Waals surface area contributed by atoms with E-state index >= 15 is 0 Å². The van der Waals surface area contributed by atoms with Gasteiger partial charge in [-0.2, -0.15) is 5.26 Å². The van der Waals surface area contributed by atoms with Crippen LogP contribution in [0.4, 0.5) is 15.1 Å². The normalized spacial score (nSPS) is 13.4. The molecule has 0 radical (unpaired) electrons. The Labute approximate surface area is 224 Å². The molecule has 0 spiro atoms. The molecule has 1 aromatic heterocycles. The lowest BCUT2D eigenvalue weighted by Crippen LogP contribution is -2.29. The number of benzene rings is 3. The van der Waals surface area contributed by atoms with E-state index in [0.29, 0.717) is 22.7 Å². The summed E-state index contributed by atoms with van der Waals surface area (Å²) in [6.07, 6.45) is 0.736. The molecule has 0 unspecified atom stereocenters. The van der Waals surface area contributed by atoms with Crippen LogP contribution in [0.2, 0.25) is 0 Å². The number of halogens is 1. The molecule has 192 valence electrons. The van der Waals surface area contributed by atoms with Gasteiger partial charge < -0.3 is 5.32 Å².